The molecule has 0 saturated heterocycles. The van der Waals surface area contributed by atoms with Crippen LogP contribution in [-0.2, 0) is 11.3 Å². The molecule has 28 heavy (non-hydrogen) atoms. The van der Waals surface area contributed by atoms with E-state index >= 15 is 0 Å². The monoisotopic (exact) mass is 383 g/mol. The van der Waals surface area contributed by atoms with Crippen molar-refractivity contribution in [1.29, 1.82) is 0 Å². The van der Waals surface area contributed by atoms with E-state index in [1.165, 1.54) is 41.1 Å². The third kappa shape index (κ3) is 3.75. The summed E-state index contributed by atoms with van der Waals surface area (Å²) >= 11 is 0. The predicted molar refractivity (Wildman–Crippen MR) is 102 cm³/mol. The van der Waals surface area contributed by atoms with Crippen LogP contribution in [0.15, 0.2) is 47.3 Å². The fraction of sp³-hybridized carbons (Fsp3) is 0.200. The van der Waals surface area contributed by atoms with Gasteiger partial charge in [-0.15, -0.1) is 0 Å². The molecule has 3 aromatic rings. The van der Waals surface area contributed by atoms with E-state index in [0.717, 1.165) is 6.07 Å². The summed E-state index contributed by atoms with van der Waals surface area (Å²) in [4.78, 5) is 36.9. The average Bonchev–Trinajstić information content (AvgIpc) is 2.69. The summed E-state index contributed by atoms with van der Waals surface area (Å²) in [5, 5.41) is 6.76. The number of hydrogen-bond donors (Lipinski definition) is 1. The fourth-order valence-corrected chi connectivity index (χ4v) is 2.75. The van der Waals surface area contributed by atoms with E-state index in [4.69, 9.17) is 4.74 Å². The topological polar surface area (TPSA) is 90.3 Å². The highest BCUT2D eigenvalue weighted by Gasteiger charge is 2.18. The number of aromatic nitrogens is 2. The van der Waals surface area contributed by atoms with Gasteiger partial charge in [-0.2, -0.15) is 5.10 Å². The quantitative estimate of drug-likeness (QED) is 0.684. The van der Waals surface area contributed by atoms with Gasteiger partial charge in [0.05, 0.1) is 23.1 Å². The van der Waals surface area contributed by atoms with Crippen molar-refractivity contribution < 1.29 is 18.7 Å². The summed E-state index contributed by atoms with van der Waals surface area (Å²) in [6.45, 7) is 4.17. The normalized spacial score (nSPS) is 10.7. The van der Waals surface area contributed by atoms with Crippen LogP contribution in [0.3, 0.4) is 0 Å². The maximum Gasteiger partial charge on any atom is 0.338 e. The molecule has 8 heteroatoms. The first kappa shape index (κ1) is 19.2. The predicted octanol–water partition coefficient (Wildman–Crippen LogP) is 2.98. The highest BCUT2D eigenvalue weighted by Crippen LogP contribution is 2.14. The second kappa shape index (κ2) is 7.99. The molecule has 0 radical (unpaired) electrons. The molecular formula is C20H18FN3O4. The van der Waals surface area contributed by atoms with Gasteiger partial charge in [-0.3, -0.25) is 14.3 Å². The van der Waals surface area contributed by atoms with E-state index in [1.807, 2.05) is 0 Å². The standard InChI is InChI=1S/C20H18FN3O4/c1-3-24-16-10-7-13(21)11-15(16)18(25)17(23-24)19(26)22-14-8-5-12(6-9-14)20(27)28-4-2/h5-11H,3-4H2,1-2H3,(H,22,26). The Kier molecular flexibility index (Phi) is 5.49. The maximum atomic E-state index is 13.6. The number of benzene rings is 2. The zero-order valence-electron chi connectivity index (χ0n) is 15.4. The Hall–Kier alpha value is -3.55. The minimum Gasteiger partial charge on any atom is -0.462 e. The maximum absolute atomic E-state index is 13.6. The summed E-state index contributed by atoms with van der Waals surface area (Å²) in [7, 11) is 0. The van der Waals surface area contributed by atoms with Crippen LogP contribution in [0.5, 0.6) is 0 Å². The highest BCUT2D eigenvalue weighted by atomic mass is 19.1. The molecule has 0 aliphatic rings. The Morgan fingerprint density at radius 2 is 1.86 bits per heavy atom. The number of nitrogens with zero attached hydrogens (tertiary/aromatic N) is 2. The van der Waals surface area contributed by atoms with Gasteiger partial charge in [-0.25, -0.2) is 9.18 Å². The third-order valence-corrected chi connectivity index (χ3v) is 4.09. The lowest BCUT2D eigenvalue weighted by atomic mass is 10.1. The van der Waals surface area contributed by atoms with Gasteiger partial charge in [0.1, 0.15) is 5.82 Å². The summed E-state index contributed by atoms with van der Waals surface area (Å²) in [6, 6.07) is 9.82. The second-order valence-electron chi connectivity index (χ2n) is 5.91. The number of amides is 1. The van der Waals surface area contributed by atoms with Gasteiger partial charge in [0.25, 0.3) is 5.91 Å². The minimum atomic E-state index is -0.720. The molecule has 0 atom stereocenters. The number of carbonyl (C=O) groups is 2. The molecule has 1 aromatic heterocycles. The summed E-state index contributed by atoms with van der Waals surface area (Å²) in [5.74, 6) is -1.76. The molecule has 0 bridgehead atoms. The number of carbonyl (C=O) groups excluding carboxylic acids is 2. The van der Waals surface area contributed by atoms with E-state index in [0.29, 0.717) is 23.3 Å². The first-order valence-corrected chi connectivity index (χ1v) is 8.73. The zero-order valence-corrected chi connectivity index (χ0v) is 15.4. The largest absolute Gasteiger partial charge is 0.462 e. The molecule has 0 spiro atoms. The van der Waals surface area contributed by atoms with Gasteiger partial charge < -0.3 is 10.1 Å². The van der Waals surface area contributed by atoms with Crippen molar-refractivity contribution in [3.05, 3.63) is 69.8 Å². The molecule has 0 saturated carbocycles. The molecule has 0 aliphatic heterocycles. The Morgan fingerprint density at radius 1 is 1.14 bits per heavy atom. The Labute approximate surface area is 159 Å². The van der Waals surface area contributed by atoms with Gasteiger partial charge in [0.15, 0.2) is 5.69 Å². The summed E-state index contributed by atoms with van der Waals surface area (Å²) in [5.41, 5.74) is 0.174. The second-order valence-corrected chi connectivity index (χ2v) is 5.91. The number of aryl methyl sites for hydroxylation is 1. The lowest BCUT2D eigenvalue weighted by Crippen LogP contribution is -2.27. The summed E-state index contributed by atoms with van der Waals surface area (Å²) < 4.78 is 19.9. The number of ether oxygens (including phenoxy) is 1. The van der Waals surface area contributed by atoms with Crippen LogP contribution in [0.2, 0.25) is 0 Å². The van der Waals surface area contributed by atoms with Gasteiger partial charge in [-0.1, -0.05) is 0 Å². The fourth-order valence-electron chi connectivity index (χ4n) is 2.75. The lowest BCUT2D eigenvalue weighted by molar-refractivity contribution is 0.0526. The van der Waals surface area contributed by atoms with Crippen LogP contribution >= 0.6 is 0 Å². The molecule has 1 amide bonds. The lowest BCUT2D eigenvalue weighted by Gasteiger charge is -2.11. The molecule has 144 valence electrons. The van der Waals surface area contributed by atoms with Crippen molar-refractivity contribution in [2.45, 2.75) is 20.4 Å². The molecule has 3 rings (SSSR count). The SMILES string of the molecule is CCOC(=O)c1ccc(NC(=O)c2nn(CC)c3ccc(F)cc3c2=O)cc1. The number of esters is 1. The summed E-state index contributed by atoms with van der Waals surface area (Å²) in [6.07, 6.45) is 0. The zero-order chi connectivity index (χ0) is 20.3. The molecule has 0 aliphatic carbocycles. The number of anilines is 1. The number of fused-ring (bicyclic) bond motifs is 1. The molecule has 0 fully saturated rings. The minimum absolute atomic E-state index is 0.0830. The first-order chi connectivity index (χ1) is 13.4. The number of hydrogen-bond acceptors (Lipinski definition) is 5. The molecule has 2 aromatic carbocycles. The Balaban J connectivity index is 1.92. The first-order valence-electron chi connectivity index (χ1n) is 8.73. The smallest absolute Gasteiger partial charge is 0.338 e. The van der Waals surface area contributed by atoms with Gasteiger partial charge in [-0.05, 0) is 56.3 Å². The Morgan fingerprint density at radius 3 is 2.50 bits per heavy atom. The van der Waals surface area contributed by atoms with E-state index in [-0.39, 0.29) is 17.7 Å². The van der Waals surface area contributed by atoms with Crippen molar-refractivity contribution >= 4 is 28.5 Å². The van der Waals surface area contributed by atoms with Crippen LogP contribution in [0.4, 0.5) is 10.1 Å². The van der Waals surface area contributed by atoms with Gasteiger partial charge in [0.2, 0.25) is 5.43 Å². The molecule has 1 heterocycles. The van der Waals surface area contributed by atoms with Crippen molar-refractivity contribution in [2.24, 2.45) is 0 Å². The highest BCUT2D eigenvalue weighted by molar-refractivity contribution is 6.04. The molecule has 7 nitrogen and oxygen atoms in total. The van der Waals surface area contributed by atoms with Crippen LogP contribution in [0, 0.1) is 5.82 Å². The van der Waals surface area contributed by atoms with E-state index in [9.17, 15) is 18.8 Å². The van der Waals surface area contributed by atoms with Crippen molar-refractivity contribution in [3.63, 3.8) is 0 Å². The molecule has 0 unspecified atom stereocenters. The average molecular weight is 383 g/mol. The number of nitrogens with one attached hydrogen (secondary N) is 1. The van der Waals surface area contributed by atoms with Gasteiger partial charge >= 0.3 is 5.97 Å². The van der Waals surface area contributed by atoms with Crippen LogP contribution in [0.1, 0.15) is 34.7 Å². The number of rotatable bonds is 5. The van der Waals surface area contributed by atoms with E-state index < -0.39 is 23.1 Å². The molecular weight excluding hydrogens is 365 g/mol. The van der Waals surface area contributed by atoms with Crippen molar-refractivity contribution in [3.8, 4) is 0 Å². The Bertz CT molecular complexity index is 1110. The third-order valence-electron chi connectivity index (χ3n) is 4.09. The van der Waals surface area contributed by atoms with Crippen molar-refractivity contribution in [1.82, 2.24) is 9.78 Å². The van der Waals surface area contributed by atoms with Crippen LogP contribution in [-0.4, -0.2) is 28.3 Å². The van der Waals surface area contributed by atoms with Crippen molar-refractivity contribution in [2.75, 3.05) is 11.9 Å². The van der Waals surface area contributed by atoms with E-state index in [2.05, 4.69) is 10.4 Å². The number of halogens is 1. The van der Waals surface area contributed by atoms with Gasteiger partial charge in [0, 0.05) is 12.2 Å². The van der Waals surface area contributed by atoms with Crippen LogP contribution in [0.25, 0.3) is 10.9 Å². The molecule has 1 N–H and O–H groups in total. The van der Waals surface area contributed by atoms with E-state index in [1.54, 1.807) is 13.8 Å². The van der Waals surface area contributed by atoms with Crippen LogP contribution < -0.4 is 10.7 Å².